The van der Waals surface area contributed by atoms with Crippen molar-refractivity contribution in [3.05, 3.63) is 0 Å². The van der Waals surface area contributed by atoms with Crippen molar-refractivity contribution in [2.75, 3.05) is 6.61 Å². The third-order valence-corrected chi connectivity index (χ3v) is 1.70. The van der Waals surface area contributed by atoms with Crippen molar-refractivity contribution >= 4 is 0 Å². The van der Waals surface area contributed by atoms with Gasteiger partial charge in [0.25, 0.3) is 0 Å². The Hall–Kier alpha value is -0.240. The summed E-state index contributed by atoms with van der Waals surface area (Å²) in [5.74, 6) is 0. The number of aliphatic hydroxyl groups is 4. The average Bonchev–Trinajstić information content (AvgIpc) is 2.17. The molecule has 1 saturated heterocycles. The zero-order valence-electron chi connectivity index (χ0n) is 5.71. The smallest absolute Gasteiger partial charge is 0.186 e. The standard InChI is InChI=1S/C5H11NO5/c6-5(1-7)3(9)2(8)4(10)11-5/h2-4,7-10H,1,6H2/t2-,3-,4?,5-/m1/s1. The van der Waals surface area contributed by atoms with Gasteiger partial charge in [-0.05, 0) is 0 Å². The molecule has 1 heterocycles. The van der Waals surface area contributed by atoms with Gasteiger partial charge in [-0.25, -0.2) is 0 Å². The zero-order valence-corrected chi connectivity index (χ0v) is 5.71. The van der Waals surface area contributed by atoms with Gasteiger partial charge < -0.3 is 25.2 Å². The molecule has 1 aliphatic heterocycles. The maximum atomic E-state index is 9.07. The summed E-state index contributed by atoms with van der Waals surface area (Å²) in [6.45, 7) is -0.664. The fourth-order valence-corrected chi connectivity index (χ4v) is 0.940. The highest BCUT2D eigenvalue weighted by atomic mass is 16.7. The molecule has 0 aromatic heterocycles. The minimum Gasteiger partial charge on any atom is -0.392 e. The van der Waals surface area contributed by atoms with Crippen LogP contribution in [0.2, 0.25) is 0 Å². The van der Waals surface area contributed by atoms with Crippen molar-refractivity contribution in [3.63, 3.8) is 0 Å². The summed E-state index contributed by atoms with van der Waals surface area (Å²) in [6.07, 6.45) is -4.48. The Morgan fingerprint density at radius 2 is 1.91 bits per heavy atom. The molecule has 0 bridgehead atoms. The van der Waals surface area contributed by atoms with E-state index in [4.69, 9.17) is 26.2 Å². The first-order chi connectivity index (χ1) is 5.01. The molecule has 0 saturated carbocycles. The molecule has 11 heavy (non-hydrogen) atoms. The molecular formula is C5H11NO5. The lowest BCUT2D eigenvalue weighted by Crippen LogP contribution is -2.54. The molecule has 1 rings (SSSR count). The molecule has 1 fully saturated rings. The lowest BCUT2D eigenvalue weighted by Gasteiger charge is -2.23. The molecule has 6 N–H and O–H groups in total. The third kappa shape index (κ3) is 1.24. The van der Waals surface area contributed by atoms with E-state index in [0.717, 1.165) is 0 Å². The molecule has 1 aliphatic rings. The minimum absolute atomic E-state index is 0.664. The van der Waals surface area contributed by atoms with Crippen molar-refractivity contribution in [1.82, 2.24) is 0 Å². The fraction of sp³-hybridized carbons (Fsp3) is 1.00. The second-order valence-electron chi connectivity index (χ2n) is 2.56. The van der Waals surface area contributed by atoms with E-state index in [1.165, 1.54) is 0 Å². The van der Waals surface area contributed by atoms with Crippen LogP contribution in [0.25, 0.3) is 0 Å². The van der Waals surface area contributed by atoms with Crippen molar-refractivity contribution in [2.45, 2.75) is 24.2 Å². The Morgan fingerprint density at radius 1 is 1.36 bits per heavy atom. The molecular weight excluding hydrogens is 154 g/mol. The first-order valence-electron chi connectivity index (χ1n) is 3.13. The van der Waals surface area contributed by atoms with E-state index in [1.54, 1.807) is 0 Å². The molecule has 0 aromatic carbocycles. The topological polar surface area (TPSA) is 116 Å². The van der Waals surface area contributed by atoms with E-state index in [2.05, 4.69) is 4.74 Å². The van der Waals surface area contributed by atoms with Crippen molar-refractivity contribution < 1.29 is 25.2 Å². The second-order valence-corrected chi connectivity index (χ2v) is 2.56. The van der Waals surface area contributed by atoms with Crippen LogP contribution in [0.4, 0.5) is 0 Å². The number of aliphatic hydroxyl groups excluding tert-OH is 4. The molecule has 0 amide bonds. The van der Waals surface area contributed by atoms with Crippen LogP contribution in [-0.2, 0) is 4.74 Å². The monoisotopic (exact) mass is 165 g/mol. The molecule has 0 spiro atoms. The van der Waals surface area contributed by atoms with E-state index in [1.807, 2.05) is 0 Å². The summed E-state index contributed by atoms with van der Waals surface area (Å²) in [6, 6.07) is 0. The fourth-order valence-electron chi connectivity index (χ4n) is 0.940. The number of nitrogens with two attached hydrogens (primary N) is 1. The zero-order chi connectivity index (χ0) is 8.65. The molecule has 0 radical (unpaired) electrons. The van der Waals surface area contributed by atoms with E-state index in [0.29, 0.717) is 0 Å². The summed E-state index contributed by atoms with van der Waals surface area (Å²) in [7, 11) is 0. The lowest BCUT2D eigenvalue weighted by atomic mass is 10.1. The summed E-state index contributed by atoms with van der Waals surface area (Å²) < 4.78 is 4.51. The quantitative estimate of drug-likeness (QED) is 0.278. The minimum atomic E-state index is -1.75. The van der Waals surface area contributed by atoms with Crippen LogP contribution in [-0.4, -0.2) is 51.3 Å². The molecule has 0 aliphatic carbocycles. The SMILES string of the molecule is N[C@]1(CO)OC(O)[C@H](O)[C@H]1O. The van der Waals surface area contributed by atoms with Gasteiger partial charge in [-0.1, -0.05) is 0 Å². The Morgan fingerprint density at radius 3 is 2.09 bits per heavy atom. The first kappa shape index (κ1) is 8.85. The van der Waals surface area contributed by atoms with Crippen LogP contribution in [0.3, 0.4) is 0 Å². The molecule has 6 heteroatoms. The van der Waals surface area contributed by atoms with Gasteiger partial charge >= 0.3 is 0 Å². The number of hydrogen-bond donors (Lipinski definition) is 5. The predicted octanol–water partition coefficient (Wildman–Crippen LogP) is -3.30. The van der Waals surface area contributed by atoms with E-state index >= 15 is 0 Å². The van der Waals surface area contributed by atoms with Crippen LogP contribution in [0.5, 0.6) is 0 Å². The highest BCUT2D eigenvalue weighted by molar-refractivity contribution is 4.94. The Balaban J connectivity index is 2.73. The molecule has 1 unspecified atom stereocenters. The summed E-state index contributed by atoms with van der Waals surface area (Å²) in [5, 5.41) is 35.4. The van der Waals surface area contributed by atoms with Crippen LogP contribution in [0.15, 0.2) is 0 Å². The maximum Gasteiger partial charge on any atom is 0.186 e. The van der Waals surface area contributed by atoms with E-state index in [9.17, 15) is 0 Å². The highest BCUT2D eigenvalue weighted by Gasteiger charge is 2.51. The number of hydrogen-bond acceptors (Lipinski definition) is 6. The summed E-state index contributed by atoms with van der Waals surface area (Å²) in [5.41, 5.74) is 3.49. The van der Waals surface area contributed by atoms with Gasteiger partial charge in [-0.15, -0.1) is 0 Å². The summed E-state index contributed by atoms with van der Waals surface area (Å²) >= 11 is 0. The van der Waals surface area contributed by atoms with Gasteiger partial charge in [0.2, 0.25) is 0 Å². The Kier molecular flexibility index (Phi) is 2.15. The van der Waals surface area contributed by atoms with Crippen molar-refractivity contribution in [2.24, 2.45) is 5.73 Å². The van der Waals surface area contributed by atoms with Gasteiger partial charge in [0, 0.05) is 0 Å². The molecule has 6 nitrogen and oxygen atoms in total. The third-order valence-electron chi connectivity index (χ3n) is 1.70. The van der Waals surface area contributed by atoms with Gasteiger partial charge in [0.05, 0.1) is 6.61 Å². The van der Waals surface area contributed by atoms with Crippen molar-refractivity contribution in [1.29, 1.82) is 0 Å². The highest BCUT2D eigenvalue weighted by Crippen LogP contribution is 2.24. The maximum absolute atomic E-state index is 9.07. The van der Waals surface area contributed by atoms with Crippen LogP contribution >= 0.6 is 0 Å². The van der Waals surface area contributed by atoms with Gasteiger partial charge in [-0.3, -0.25) is 5.73 Å². The van der Waals surface area contributed by atoms with E-state index < -0.39 is 30.8 Å². The summed E-state index contributed by atoms with van der Waals surface area (Å²) in [4.78, 5) is 0. The molecule has 0 aromatic rings. The normalized spacial score (nSPS) is 51.5. The molecule has 4 atom stereocenters. The second kappa shape index (κ2) is 2.67. The largest absolute Gasteiger partial charge is 0.392 e. The first-order valence-corrected chi connectivity index (χ1v) is 3.13. The van der Waals surface area contributed by atoms with Crippen LogP contribution < -0.4 is 5.73 Å². The Labute approximate surface area is 62.8 Å². The van der Waals surface area contributed by atoms with Crippen molar-refractivity contribution in [3.8, 4) is 0 Å². The molecule has 66 valence electrons. The number of rotatable bonds is 1. The predicted molar refractivity (Wildman–Crippen MR) is 33.1 cm³/mol. The van der Waals surface area contributed by atoms with Gasteiger partial charge in [-0.2, -0.15) is 0 Å². The van der Waals surface area contributed by atoms with Crippen LogP contribution in [0, 0.1) is 0 Å². The van der Waals surface area contributed by atoms with Gasteiger partial charge in [0.1, 0.15) is 12.2 Å². The van der Waals surface area contributed by atoms with E-state index in [-0.39, 0.29) is 0 Å². The van der Waals surface area contributed by atoms with Gasteiger partial charge in [0.15, 0.2) is 12.0 Å². The lowest BCUT2D eigenvalue weighted by molar-refractivity contribution is -0.172. The number of ether oxygens (including phenoxy) is 1. The average molecular weight is 165 g/mol. The van der Waals surface area contributed by atoms with Crippen LogP contribution in [0.1, 0.15) is 0 Å². The Bertz CT molecular complexity index is 154.